The van der Waals surface area contributed by atoms with E-state index in [2.05, 4.69) is 9.82 Å². The highest BCUT2D eigenvalue weighted by Gasteiger charge is 2.34. The van der Waals surface area contributed by atoms with Crippen LogP contribution in [0, 0.1) is 11.3 Å². The number of aryl methyl sites for hydroxylation is 1. The Morgan fingerprint density at radius 3 is 2.91 bits per heavy atom. The molecule has 1 saturated heterocycles. The summed E-state index contributed by atoms with van der Waals surface area (Å²) >= 11 is 0. The Morgan fingerprint density at radius 1 is 1.57 bits per heavy atom. The summed E-state index contributed by atoms with van der Waals surface area (Å²) in [6.45, 7) is 0.610. The van der Waals surface area contributed by atoms with Crippen LogP contribution in [0.15, 0.2) is 12.3 Å². The zero-order valence-electron chi connectivity index (χ0n) is 13.1. The molecule has 2 rings (SSSR count). The van der Waals surface area contributed by atoms with Gasteiger partial charge in [-0.3, -0.25) is 14.4 Å². The van der Waals surface area contributed by atoms with Crippen LogP contribution >= 0.6 is 0 Å². The van der Waals surface area contributed by atoms with Crippen molar-refractivity contribution >= 4 is 21.9 Å². The number of nitrogens with one attached hydrogen (secondary N) is 1. The normalized spacial score (nSPS) is 19.1. The fourth-order valence-electron chi connectivity index (χ4n) is 2.44. The smallest absolute Gasteiger partial charge is 0.279 e. The number of nitrogens with zero attached hydrogens (tertiary/aromatic N) is 5. The Bertz CT molecular complexity index is 708. The van der Waals surface area contributed by atoms with Crippen LogP contribution in [0.1, 0.15) is 19.3 Å². The van der Waals surface area contributed by atoms with Crippen molar-refractivity contribution in [3.63, 3.8) is 0 Å². The van der Waals surface area contributed by atoms with Gasteiger partial charge in [0.2, 0.25) is 5.91 Å². The number of nitriles is 1. The van der Waals surface area contributed by atoms with Gasteiger partial charge in [-0.05, 0) is 12.8 Å². The van der Waals surface area contributed by atoms with Crippen molar-refractivity contribution in [2.45, 2.75) is 25.3 Å². The van der Waals surface area contributed by atoms with E-state index in [-0.39, 0.29) is 18.9 Å². The average Bonchev–Trinajstić information content (AvgIpc) is 2.92. The monoisotopic (exact) mass is 340 g/mol. The first-order chi connectivity index (χ1) is 10.9. The molecule has 1 aromatic heterocycles. The highest BCUT2D eigenvalue weighted by Crippen LogP contribution is 2.20. The zero-order valence-corrected chi connectivity index (χ0v) is 14.0. The van der Waals surface area contributed by atoms with Crippen molar-refractivity contribution in [3.8, 4) is 6.07 Å². The lowest BCUT2D eigenvalue weighted by atomic mass is 10.1. The first-order valence-electron chi connectivity index (χ1n) is 7.26. The van der Waals surface area contributed by atoms with E-state index in [1.165, 1.54) is 7.05 Å². The molecule has 1 aliphatic rings. The van der Waals surface area contributed by atoms with Gasteiger partial charge in [0.05, 0.1) is 12.3 Å². The standard InChI is InChI=1S/C13H20N6O3S/c1-17(9-4-7-14)23(21,22)16-11-5-3-10-19(13(11)20)12-6-8-15-18(12)2/h6,8,11,16H,3-5,9-10H2,1-2H3/t11-/m1/s1. The molecule has 1 amide bonds. The van der Waals surface area contributed by atoms with E-state index in [0.717, 1.165) is 4.31 Å². The molecule has 0 aliphatic carbocycles. The number of piperidine rings is 1. The van der Waals surface area contributed by atoms with Crippen LogP contribution in [0.3, 0.4) is 0 Å². The predicted molar refractivity (Wildman–Crippen MR) is 83.5 cm³/mol. The van der Waals surface area contributed by atoms with E-state index in [1.807, 2.05) is 6.07 Å². The number of aromatic nitrogens is 2. The average molecular weight is 340 g/mol. The molecule has 9 nitrogen and oxygen atoms in total. The molecule has 1 aliphatic heterocycles. The van der Waals surface area contributed by atoms with Crippen LogP contribution in [0.5, 0.6) is 0 Å². The van der Waals surface area contributed by atoms with Gasteiger partial charge < -0.3 is 0 Å². The number of anilines is 1. The van der Waals surface area contributed by atoms with Gasteiger partial charge in [0.15, 0.2) is 0 Å². The van der Waals surface area contributed by atoms with Gasteiger partial charge in [0.1, 0.15) is 11.9 Å². The molecular weight excluding hydrogens is 320 g/mol. The largest absolute Gasteiger partial charge is 0.296 e. The van der Waals surface area contributed by atoms with Crippen molar-refractivity contribution in [2.75, 3.05) is 25.0 Å². The topological polar surface area (TPSA) is 111 Å². The maximum Gasteiger partial charge on any atom is 0.279 e. The Kier molecular flexibility index (Phi) is 5.35. The molecule has 1 aromatic rings. The van der Waals surface area contributed by atoms with Crippen LogP contribution in [0.25, 0.3) is 0 Å². The van der Waals surface area contributed by atoms with Crippen molar-refractivity contribution < 1.29 is 13.2 Å². The summed E-state index contributed by atoms with van der Waals surface area (Å²) in [5.41, 5.74) is 0. The lowest BCUT2D eigenvalue weighted by molar-refractivity contribution is -0.121. The van der Waals surface area contributed by atoms with Crippen LogP contribution in [0.4, 0.5) is 5.82 Å². The van der Waals surface area contributed by atoms with Gasteiger partial charge in [0, 0.05) is 39.7 Å². The van der Waals surface area contributed by atoms with Crippen molar-refractivity contribution in [1.29, 1.82) is 5.26 Å². The fourth-order valence-corrected chi connectivity index (χ4v) is 3.53. The third-order valence-corrected chi connectivity index (χ3v) is 5.34. The molecule has 1 N–H and O–H groups in total. The van der Waals surface area contributed by atoms with Crippen LogP contribution in [-0.4, -0.2) is 54.6 Å². The summed E-state index contributed by atoms with van der Waals surface area (Å²) in [5, 5.41) is 12.6. The Morgan fingerprint density at radius 2 is 2.30 bits per heavy atom. The highest BCUT2D eigenvalue weighted by atomic mass is 32.2. The summed E-state index contributed by atoms with van der Waals surface area (Å²) in [6.07, 6.45) is 2.81. The molecular formula is C13H20N6O3S. The van der Waals surface area contributed by atoms with Gasteiger partial charge in [-0.25, -0.2) is 0 Å². The summed E-state index contributed by atoms with van der Waals surface area (Å²) < 4.78 is 29.5. The molecule has 23 heavy (non-hydrogen) atoms. The molecule has 10 heteroatoms. The quantitative estimate of drug-likeness (QED) is 0.757. The maximum atomic E-state index is 12.6. The summed E-state index contributed by atoms with van der Waals surface area (Å²) in [5.74, 6) is 0.342. The molecule has 0 bridgehead atoms. The summed E-state index contributed by atoms with van der Waals surface area (Å²) in [4.78, 5) is 14.1. The van der Waals surface area contributed by atoms with Crippen LogP contribution < -0.4 is 9.62 Å². The van der Waals surface area contributed by atoms with Gasteiger partial charge in [-0.2, -0.15) is 27.8 Å². The minimum atomic E-state index is -3.81. The Balaban J connectivity index is 2.10. The number of carbonyl (C=O) groups excluding carboxylic acids is 1. The highest BCUT2D eigenvalue weighted by molar-refractivity contribution is 7.87. The van der Waals surface area contributed by atoms with Crippen molar-refractivity contribution in [3.05, 3.63) is 12.3 Å². The first-order valence-corrected chi connectivity index (χ1v) is 8.70. The second-order valence-electron chi connectivity index (χ2n) is 5.35. The van der Waals surface area contributed by atoms with E-state index < -0.39 is 16.3 Å². The van der Waals surface area contributed by atoms with E-state index in [9.17, 15) is 13.2 Å². The minimum Gasteiger partial charge on any atom is -0.296 e. The second kappa shape index (κ2) is 7.08. The predicted octanol–water partition coefficient (Wildman–Crippen LogP) is -0.405. The molecule has 1 fully saturated rings. The number of amides is 1. The SMILES string of the molecule is CN(CCC#N)S(=O)(=O)N[C@@H]1CCCN(c2ccnn2C)C1=O. The third kappa shape index (κ3) is 3.87. The Labute approximate surface area is 135 Å². The molecule has 0 saturated carbocycles. The number of carbonyl (C=O) groups is 1. The number of hydrogen-bond donors (Lipinski definition) is 1. The molecule has 0 radical (unpaired) electrons. The Hall–Kier alpha value is -1.96. The molecule has 1 atom stereocenters. The zero-order chi connectivity index (χ0) is 17.0. The van der Waals surface area contributed by atoms with Gasteiger partial charge in [-0.1, -0.05) is 0 Å². The van der Waals surface area contributed by atoms with E-state index in [0.29, 0.717) is 25.2 Å². The molecule has 0 unspecified atom stereocenters. The molecule has 0 spiro atoms. The third-order valence-electron chi connectivity index (χ3n) is 3.75. The van der Waals surface area contributed by atoms with E-state index in [1.54, 1.807) is 28.9 Å². The molecule has 0 aromatic carbocycles. The minimum absolute atomic E-state index is 0.0815. The lowest BCUT2D eigenvalue weighted by Crippen LogP contribution is -2.55. The van der Waals surface area contributed by atoms with Gasteiger partial charge in [-0.15, -0.1) is 0 Å². The van der Waals surface area contributed by atoms with Crippen molar-refractivity contribution in [1.82, 2.24) is 18.8 Å². The summed E-state index contributed by atoms with van der Waals surface area (Å²) in [7, 11) is -0.696. The van der Waals surface area contributed by atoms with Crippen molar-refractivity contribution in [2.24, 2.45) is 7.05 Å². The maximum absolute atomic E-state index is 12.6. The summed E-state index contributed by atoms with van der Waals surface area (Å²) in [6, 6.07) is 2.80. The lowest BCUT2D eigenvalue weighted by Gasteiger charge is -2.32. The first kappa shape index (κ1) is 17.4. The fraction of sp³-hybridized carbons (Fsp3) is 0.615. The molecule has 126 valence electrons. The van der Waals surface area contributed by atoms with Gasteiger partial charge in [0.25, 0.3) is 10.2 Å². The van der Waals surface area contributed by atoms with Gasteiger partial charge >= 0.3 is 0 Å². The van der Waals surface area contributed by atoms with Crippen LogP contribution in [0.2, 0.25) is 0 Å². The number of rotatable bonds is 6. The molecule has 2 heterocycles. The van der Waals surface area contributed by atoms with E-state index in [4.69, 9.17) is 5.26 Å². The number of hydrogen-bond acceptors (Lipinski definition) is 5. The van der Waals surface area contributed by atoms with Crippen LogP contribution in [-0.2, 0) is 22.1 Å². The van der Waals surface area contributed by atoms with E-state index >= 15 is 0 Å². The second-order valence-corrected chi connectivity index (χ2v) is 7.16.